The molecule has 0 rings (SSSR count). The van der Waals surface area contributed by atoms with Gasteiger partial charge in [-0.25, -0.2) is 0 Å². The molecule has 0 aliphatic heterocycles. The lowest BCUT2D eigenvalue weighted by atomic mass is 10.0. The van der Waals surface area contributed by atoms with Crippen LogP contribution >= 0.6 is 0 Å². The minimum absolute atomic E-state index is 1.24. The van der Waals surface area contributed by atoms with E-state index in [0.29, 0.717) is 0 Å². The number of hydrogen-bond acceptors (Lipinski definition) is 1. The Morgan fingerprint density at radius 3 is 0.875 bits per heavy atom. The molecule has 0 spiro atoms. The second-order valence-corrected chi connectivity index (χ2v) is 7.76. The van der Waals surface area contributed by atoms with Crippen LogP contribution in [-0.2, 0) is 0 Å². The van der Waals surface area contributed by atoms with Gasteiger partial charge in [0.25, 0.3) is 0 Å². The van der Waals surface area contributed by atoms with E-state index in [9.17, 15) is 0 Å². The summed E-state index contributed by atoms with van der Waals surface area (Å²) in [5.74, 6) is 0. The lowest BCUT2D eigenvalue weighted by Crippen LogP contribution is -2.16. The van der Waals surface area contributed by atoms with E-state index in [-0.39, 0.29) is 0 Å². The zero-order chi connectivity index (χ0) is 17.6. The van der Waals surface area contributed by atoms with Gasteiger partial charge in [-0.15, -0.1) is 0 Å². The van der Waals surface area contributed by atoms with Crippen LogP contribution < -0.4 is 5.32 Å². The maximum Gasteiger partial charge on any atom is -0.00489 e. The van der Waals surface area contributed by atoms with E-state index in [2.05, 4.69) is 19.2 Å². The molecule has 146 valence electrons. The van der Waals surface area contributed by atoms with Crippen molar-refractivity contribution in [3.05, 3.63) is 0 Å². The first-order valence-electron chi connectivity index (χ1n) is 11.6. The van der Waals surface area contributed by atoms with Crippen LogP contribution in [0.4, 0.5) is 0 Å². The van der Waals surface area contributed by atoms with Crippen molar-refractivity contribution >= 4 is 0 Å². The summed E-state index contributed by atoms with van der Waals surface area (Å²) in [6, 6.07) is 0. The van der Waals surface area contributed by atoms with Gasteiger partial charge in [0.15, 0.2) is 0 Å². The van der Waals surface area contributed by atoms with Crippen molar-refractivity contribution in [2.24, 2.45) is 0 Å². The Kier molecular flexibility index (Phi) is 22.9. The van der Waals surface area contributed by atoms with Crippen molar-refractivity contribution in [3.63, 3.8) is 0 Å². The molecule has 1 N–H and O–H groups in total. The Morgan fingerprint density at radius 1 is 0.333 bits per heavy atom. The molecule has 0 unspecified atom stereocenters. The van der Waals surface area contributed by atoms with Crippen molar-refractivity contribution in [1.82, 2.24) is 5.32 Å². The lowest BCUT2D eigenvalue weighted by Gasteiger charge is -2.05. The number of hydrogen-bond donors (Lipinski definition) is 1. The normalized spacial score (nSPS) is 11.2. The Morgan fingerprint density at radius 2 is 0.583 bits per heavy atom. The van der Waals surface area contributed by atoms with Gasteiger partial charge in [0.2, 0.25) is 0 Å². The van der Waals surface area contributed by atoms with Crippen LogP contribution in [0.25, 0.3) is 0 Å². The molecule has 0 aromatic rings. The van der Waals surface area contributed by atoms with Crippen LogP contribution in [0.15, 0.2) is 0 Å². The van der Waals surface area contributed by atoms with Crippen molar-refractivity contribution < 1.29 is 0 Å². The maximum atomic E-state index is 3.61. The van der Waals surface area contributed by atoms with Gasteiger partial charge in [-0.1, -0.05) is 123 Å². The molecular weight excluding hydrogens is 290 g/mol. The molecule has 0 aliphatic carbocycles. The SMILES string of the molecule is CCCCCCCCCCCCCCCCNCCCCCCC. The molecule has 1 nitrogen and oxygen atoms in total. The van der Waals surface area contributed by atoms with Gasteiger partial charge in [0.1, 0.15) is 0 Å². The minimum Gasteiger partial charge on any atom is -0.317 e. The monoisotopic (exact) mass is 339 g/mol. The van der Waals surface area contributed by atoms with Gasteiger partial charge in [0.05, 0.1) is 0 Å². The summed E-state index contributed by atoms with van der Waals surface area (Å²) in [4.78, 5) is 0. The molecule has 0 amide bonds. The largest absolute Gasteiger partial charge is 0.317 e. The number of rotatable bonds is 21. The molecule has 0 aromatic heterocycles. The summed E-state index contributed by atoms with van der Waals surface area (Å²) in [6.07, 6.45) is 27.3. The van der Waals surface area contributed by atoms with Gasteiger partial charge in [-0.3, -0.25) is 0 Å². The second-order valence-electron chi connectivity index (χ2n) is 7.76. The van der Waals surface area contributed by atoms with Gasteiger partial charge in [-0.2, -0.15) is 0 Å². The first kappa shape index (κ1) is 24.0. The smallest absolute Gasteiger partial charge is 0.00489 e. The van der Waals surface area contributed by atoms with E-state index in [1.165, 1.54) is 135 Å². The third-order valence-corrected chi connectivity index (χ3v) is 5.16. The maximum absolute atomic E-state index is 3.61. The predicted octanol–water partition coefficient (Wildman–Crippen LogP) is 8.03. The summed E-state index contributed by atoms with van der Waals surface area (Å²) in [5.41, 5.74) is 0. The molecule has 0 atom stereocenters. The molecule has 0 radical (unpaired) electrons. The van der Waals surface area contributed by atoms with Crippen LogP contribution in [0.2, 0.25) is 0 Å². The molecule has 0 saturated carbocycles. The zero-order valence-electron chi connectivity index (χ0n) is 17.3. The Hall–Kier alpha value is -0.0400. The van der Waals surface area contributed by atoms with E-state index in [1.54, 1.807) is 0 Å². The van der Waals surface area contributed by atoms with Crippen molar-refractivity contribution in [1.29, 1.82) is 0 Å². The van der Waals surface area contributed by atoms with Gasteiger partial charge < -0.3 is 5.32 Å². The van der Waals surface area contributed by atoms with Gasteiger partial charge in [0, 0.05) is 0 Å². The molecule has 0 saturated heterocycles. The third kappa shape index (κ3) is 22.0. The van der Waals surface area contributed by atoms with E-state index < -0.39 is 0 Å². The first-order valence-corrected chi connectivity index (χ1v) is 11.6. The average Bonchev–Trinajstić information content (AvgIpc) is 2.60. The molecule has 0 heterocycles. The molecule has 0 aliphatic rings. The van der Waals surface area contributed by atoms with E-state index >= 15 is 0 Å². The van der Waals surface area contributed by atoms with Crippen molar-refractivity contribution in [2.75, 3.05) is 13.1 Å². The van der Waals surface area contributed by atoms with Crippen LogP contribution in [0.3, 0.4) is 0 Å². The highest BCUT2D eigenvalue weighted by molar-refractivity contribution is 4.52. The lowest BCUT2D eigenvalue weighted by molar-refractivity contribution is 0.525. The molecule has 0 fully saturated rings. The van der Waals surface area contributed by atoms with Crippen LogP contribution in [0, 0.1) is 0 Å². The molecule has 0 aromatic carbocycles. The molecular formula is C23H49N. The fourth-order valence-electron chi connectivity index (χ4n) is 3.42. The fourth-order valence-corrected chi connectivity index (χ4v) is 3.42. The number of unbranched alkanes of at least 4 members (excludes halogenated alkanes) is 17. The minimum atomic E-state index is 1.24. The Balaban J connectivity index is 2.93. The highest BCUT2D eigenvalue weighted by atomic mass is 14.8. The first-order chi connectivity index (χ1) is 11.9. The number of nitrogens with one attached hydrogen (secondary N) is 1. The van der Waals surface area contributed by atoms with Crippen molar-refractivity contribution in [2.45, 2.75) is 136 Å². The second kappa shape index (κ2) is 23.0. The highest BCUT2D eigenvalue weighted by Gasteiger charge is 1.94. The standard InChI is InChI=1S/C23H49N/c1-3-5-7-9-10-11-12-13-14-15-16-17-19-21-23-24-22-20-18-8-6-4-2/h24H,3-23H2,1-2H3. The van der Waals surface area contributed by atoms with Crippen LogP contribution in [0.1, 0.15) is 136 Å². The third-order valence-electron chi connectivity index (χ3n) is 5.16. The van der Waals surface area contributed by atoms with E-state index in [4.69, 9.17) is 0 Å². The zero-order valence-corrected chi connectivity index (χ0v) is 17.3. The highest BCUT2D eigenvalue weighted by Crippen LogP contribution is 2.12. The summed E-state index contributed by atoms with van der Waals surface area (Å²) < 4.78 is 0. The van der Waals surface area contributed by atoms with E-state index in [0.717, 1.165) is 0 Å². The summed E-state index contributed by atoms with van der Waals surface area (Å²) >= 11 is 0. The Labute approximate surface area is 154 Å². The van der Waals surface area contributed by atoms with Gasteiger partial charge in [-0.05, 0) is 25.9 Å². The topological polar surface area (TPSA) is 12.0 Å². The summed E-state index contributed by atoms with van der Waals surface area (Å²) in [6.45, 7) is 7.06. The molecule has 0 bridgehead atoms. The predicted molar refractivity (Wildman–Crippen MR) is 112 cm³/mol. The molecule has 1 heteroatoms. The summed E-state index contributed by atoms with van der Waals surface area (Å²) in [7, 11) is 0. The van der Waals surface area contributed by atoms with Crippen LogP contribution in [0.5, 0.6) is 0 Å². The Bertz CT molecular complexity index is 180. The summed E-state index contributed by atoms with van der Waals surface area (Å²) in [5, 5.41) is 3.61. The van der Waals surface area contributed by atoms with E-state index in [1.807, 2.05) is 0 Å². The van der Waals surface area contributed by atoms with Gasteiger partial charge >= 0.3 is 0 Å². The van der Waals surface area contributed by atoms with Crippen molar-refractivity contribution in [3.8, 4) is 0 Å². The molecule has 24 heavy (non-hydrogen) atoms. The average molecular weight is 340 g/mol. The quantitative estimate of drug-likeness (QED) is 0.209. The fraction of sp³-hybridized carbons (Fsp3) is 1.00. The van der Waals surface area contributed by atoms with Crippen LogP contribution in [-0.4, -0.2) is 13.1 Å².